The van der Waals surface area contributed by atoms with Crippen LogP contribution in [0.4, 0.5) is 5.69 Å². The van der Waals surface area contributed by atoms with Crippen LogP contribution in [0.5, 0.6) is 0 Å². The van der Waals surface area contributed by atoms with Gasteiger partial charge in [-0.05, 0) is 49.7 Å². The van der Waals surface area contributed by atoms with Gasteiger partial charge in [0.1, 0.15) is 9.91 Å². The Labute approximate surface area is 167 Å². The standard InChI is InChI=1S/C24H28N2S/c1-17-10-12-18(13-11-17)21-25-26(20-8-6-5-7-9-20)24(27-21)16-19-14-15-23(24,4)22(19,2)3/h5-13,19H,14-16H2,1-4H3/t19-,23+,24-/m0/s1. The van der Waals surface area contributed by atoms with E-state index in [0.29, 0.717) is 5.41 Å². The maximum absolute atomic E-state index is 5.24. The highest BCUT2D eigenvalue weighted by atomic mass is 32.2. The van der Waals surface area contributed by atoms with Crippen molar-refractivity contribution in [3.8, 4) is 0 Å². The number of para-hydroxylation sites is 1. The van der Waals surface area contributed by atoms with Crippen molar-refractivity contribution in [1.82, 2.24) is 0 Å². The molecular weight excluding hydrogens is 348 g/mol. The van der Waals surface area contributed by atoms with Crippen molar-refractivity contribution in [2.45, 2.75) is 51.8 Å². The molecule has 3 atom stereocenters. The van der Waals surface area contributed by atoms with Crippen molar-refractivity contribution >= 4 is 22.5 Å². The fourth-order valence-electron chi connectivity index (χ4n) is 5.73. The Hall–Kier alpha value is -1.74. The molecule has 3 heteroatoms. The monoisotopic (exact) mass is 376 g/mol. The van der Waals surface area contributed by atoms with Crippen molar-refractivity contribution in [3.05, 3.63) is 65.7 Å². The van der Waals surface area contributed by atoms with Gasteiger partial charge in [-0.3, -0.25) is 0 Å². The number of benzene rings is 2. The van der Waals surface area contributed by atoms with Crippen LogP contribution >= 0.6 is 11.8 Å². The fraction of sp³-hybridized carbons (Fsp3) is 0.458. The number of aryl methyl sites for hydroxylation is 1. The third kappa shape index (κ3) is 2.18. The van der Waals surface area contributed by atoms with E-state index in [1.165, 1.54) is 41.1 Å². The molecule has 2 aromatic rings. The van der Waals surface area contributed by atoms with Crippen LogP contribution < -0.4 is 5.01 Å². The Morgan fingerprint density at radius 3 is 2.30 bits per heavy atom. The van der Waals surface area contributed by atoms with Crippen LogP contribution in [0.1, 0.15) is 51.2 Å². The number of hydrogen-bond donors (Lipinski definition) is 0. The van der Waals surface area contributed by atoms with Crippen molar-refractivity contribution < 1.29 is 0 Å². The zero-order valence-corrected chi connectivity index (χ0v) is 17.5. The number of rotatable bonds is 2. The maximum Gasteiger partial charge on any atom is 0.126 e. The van der Waals surface area contributed by atoms with E-state index in [1.54, 1.807) is 0 Å². The summed E-state index contributed by atoms with van der Waals surface area (Å²) in [6.45, 7) is 9.65. The Bertz CT molecular complexity index is 902. The molecule has 1 spiro atoms. The summed E-state index contributed by atoms with van der Waals surface area (Å²) >= 11 is 2.02. The average molecular weight is 377 g/mol. The van der Waals surface area contributed by atoms with Crippen molar-refractivity contribution in [2.75, 3.05) is 5.01 Å². The van der Waals surface area contributed by atoms with Gasteiger partial charge in [0.25, 0.3) is 0 Å². The summed E-state index contributed by atoms with van der Waals surface area (Å²) in [4.78, 5) is 0.0149. The van der Waals surface area contributed by atoms with Gasteiger partial charge in [0.05, 0.1) is 5.69 Å². The molecule has 0 aromatic heterocycles. The van der Waals surface area contributed by atoms with Gasteiger partial charge in [0.15, 0.2) is 0 Å². The molecule has 2 bridgehead atoms. The summed E-state index contributed by atoms with van der Waals surface area (Å²) in [7, 11) is 0. The second kappa shape index (κ2) is 5.64. The lowest BCUT2D eigenvalue weighted by molar-refractivity contribution is 0.121. The third-order valence-electron chi connectivity index (χ3n) is 7.92. The molecule has 1 heterocycles. The SMILES string of the molecule is Cc1ccc(C2=NN(c3ccccc3)[C@@]3(C[C@@H]4CC[C@]3(C)C4(C)C)S2)cc1. The smallest absolute Gasteiger partial charge is 0.126 e. The number of hydrazone groups is 1. The molecule has 140 valence electrons. The minimum Gasteiger partial charge on any atom is -0.247 e. The largest absolute Gasteiger partial charge is 0.247 e. The van der Waals surface area contributed by atoms with Gasteiger partial charge >= 0.3 is 0 Å². The topological polar surface area (TPSA) is 15.6 Å². The highest BCUT2D eigenvalue weighted by Crippen LogP contribution is 2.75. The zero-order chi connectivity index (χ0) is 18.9. The second-order valence-corrected chi connectivity index (χ2v) is 10.6. The minimum atomic E-state index is 0.0149. The average Bonchev–Trinajstić information content (AvgIpc) is 3.20. The third-order valence-corrected chi connectivity index (χ3v) is 9.56. The van der Waals surface area contributed by atoms with Gasteiger partial charge in [-0.1, -0.05) is 80.6 Å². The Morgan fingerprint density at radius 1 is 1.00 bits per heavy atom. The summed E-state index contributed by atoms with van der Waals surface area (Å²) in [6, 6.07) is 19.6. The van der Waals surface area contributed by atoms with Crippen molar-refractivity contribution in [2.24, 2.45) is 21.8 Å². The highest BCUT2D eigenvalue weighted by Gasteiger charge is 2.73. The van der Waals surface area contributed by atoms with Crippen molar-refractivity contribution in [1.29, 1.82) is 0 Å². The van der Waals surface area contributed by atoms with Crippen molar-refractivity contribution in [3.63, 3.8) is 0 Å². The summed E-state index contributed by atoms with van der Waals surface area (Å²) in [6.07, 6.45) is 3.86. The lowest BCUT2D eigenvalue weighted by Gasteiger charge is -2.49. The first-order valence-electron chi connectivity index (χ1n) is 10.1. The van der Waals surface area contributed by atoms with E-state index in [0.717, 1.165) is 5.92 Å². The number of fused-ring (bicyclic) bond motifs is 3. The summed E-state index contributed by atoms with van der Waals surface area (Å²) in [5.41, 5.74) is 4.33. The predicted octanol–water partition coefficient (Wildman–Crippen LogP) is 6.45. The Balaban J connectivity index is 1.65. The molecule has 2 fully saturated rings. The molecule has 27 heavy (non-hydrogen) atoms. The van der Waals surface area contributed by atoms with Gasteiger partial charge in [0.2, 0.25) is 0 Å². The molecule has 5 rings (SSSR count). The fourth-order valence-corrected chi connectivity index (χ4v) is 7.53. The summed E-state index contributed by atoms with van der Waals surface area (Å²) in [5, 5.41) is 8.79. The molecule has 0 saturated heterocycles. The molecule has 3 aliphatic rings. The van der Waals surface area contributed by atoms with E-state index in [1.807, 2.05) is 11.8 Å². The van der Waals surface area contributed by atoms with E-state index < -0.39 is 0 Å². The van der Waals surface area contributed by atoms with E-state index in [2.05, 4.69) is 87.3 Å². The number of hydrogen-bond acceptors (Lipinski definition) is 3. The predicted molar refractivity (Wildman–Crippen MR) is 116 cm³/mol. The van der Waals surface area contributed by atoms with Crippen LogP contribution in [0, 0.1) is 23.7 Å². The van der Waals surface area contributed by atoms with Crippen LogP contribution in [-0.2, 0) is 0 Å². The molecule has 1 aliphatic heterocycles. The van der Waals surface area contributed by atoms with Gasteiger partial charge in [0, 0.05) is 11.0 Å². The second-order valence-electron chi connectivity index (χ2n) is 9.30. The van der Waals surface area contributed by atoms with Crippen LogP contribution in [-0.4, -0.2) is 9.91 Å². The van der Waals surface area contributed by atoms with Gasteiger partial charge in [-0.25, -0.2) is 5.01 Å². The number of anilines is 1. The van der Waals surface area contributed by atoms with E-state index in [-0.39, 0.29) is 10.3 Å². The number of thioether (sulfide) groups is 1. The van der Waals surface area contributed by atoms with Crippen LogP contribution in [0.15, 0.2) is 59.7 Å². The van der Waals surface area contributed by atoms with Crippen LogP contribution in [0.2, 0.25) is 0 Å². The molecule has 2 aliphatic carbocycles. The molecule has 0 unspecified atom stereocenters. The van der Waals surface area contributed by atoms with Gasteiger partial charge < -0.3 is 0 Å². The molecular formula is C24H28N2S. The lowest BCUT2D eigenvalue weighted by Crippen LogP contribution is -2.53. The Kier molecular flexibility index (Phi) is 3.62. The molecule has 0 N–H and O–H groups in total. The quantitative estimate of drug-likeness (QED) is 0.598. The van der Waals surface area contributed by atoms with Crippen LogP contribution in [0.3, 0.4) is 0 Å². The summed E-state index contributed by atoms with van der Waals surface area (Å²) in [5.74, 6) is 0.772. The minimum absolute atomic E-state index is 0.0149. The normalized spacial score (nSPS) is 33.7. The first-order chi connectivity index (χ1) is 12.9. The highest BCUT2D eigenvalue weighted by molar-refractivity contribution is 8.16. The van der Waals surface area contributed by atoms with Gasteiger partial charge in [-0.2, -0.15) is 5.10 Å². The van der Waals surface area contributed by atoms with E-state index >= 15 is 0 Å². The van der Waals surface area contributed by atoms with Crippen LogP contribution in [0.25, 0.3) is 0 Å². The van der Waals surface area contributed by atoms with E-state index in [4.69, 9.17) is 5.10 Å². The summed E-state index contributed by atoms with van der Waals surface area (Å²) < 4.78 is 0. The molecule has 0 amide bonds. The molecule has 0 radical (unpaired) electrons. The first kappa shape index (κ1) is 17.4. The lowest BCUT2D eigenvalue weighted by atomic mass is 9.68. The van der Waals surface area contributed by atoms with E-state index in [9.17, 15) is 0 Å². The molecule has 2 saturated carbocycles. The Morgan fingerprint density at radius 2 is 1.70 bits per heavy atom. The molecule has 2 nitrogen and oxygen atoms in total. The van der Waals surface area contributed by atoms with Gasteiger partial charge in [-0.15, -0.1) is 0 Å². The number of nitrogens with zero attached hydrogens (tertiary/aromatic N) is 2. The maximum atomic E-state index is 5.24. The first-order valence-corrected chi connectivity index (χ1v) is 10.9. The zero-order valence-electron chi connectivity index (χ0n) is 16.7. The molecule has 2 aromatic carbocycles.